The first-order valence-corrected chi connectivity index (χ1v) is 16.3. The van der Waals surface area contributed by atoms with E-state index in [1.807, 2.05) is 6.92 Å². The normalized spacial score (nSPS) is 12.5. The van der Waals surface area contributed by atoms with E-state index in [1.54, 1.807) is 48.5 Å². The van der Waals surface area contributed by atoms with Gasteiger partial charge in [-0.1, -0.05) is 13.3 Å². The molecule has 0 spiro atoms. The highest BCUT2D eigenvalue weighted by atomic mass is 16.6. The molecule has 0 aromatic carbocycles. The van der Waals surface area contributed by atoms with Gasteiger partial charge in [-0.2, -0.15) is 0 Å². The predicted octanol–water partition coefficient (Wildman–Crippen LogP) is 2.15. The lowest BCUT2D eigenvalue weighted by Crippen LogP contribution is -2.54. The quantitative estimate of drug-likeness (QED) is 0.0683. The van der Waals surface area contributed by atoms with Crippen molar-refractivity contribution in [3.8, 4) is 0 Å². The molecule has 2 atom stereocenters. The number of nitrogens with one attached hydrogen (secondary N) is 5. The Bertz CT molecular complexity index is 1040. The minimum atomic E-state index is -1.24. The number of rotatable bonds is 21. The molecule has 0 aromatic heterocycles. The van der Waals surface area contributed by atoms with Gasteiger partial charge in [-0.25, -0.2) is 4.79 Å². The van der Waals surface area contributed by atoms with E-state index in [0.29, 0.717) is 25.8 Å². The smallest absolute Gasteiger partial charge is 0.407 e. The van der Waals surface area contributed by atoms with E-state index in [0.717, 1.165) is 6.42 Å². The summed E-state index contributed by atoms with van der Waals surface area (Å²) in [6.07, 6.45) is 1.33. The molecule has 0 saturated carbocycles. The number of esters is 2. The van der Waals surface area contributed by atoms with Crippen molar-refractivity contribution in [3.63, 3.8) is 0 Å². The number of ether oxygens (including phenoxy) is 3. The zero-order valence-electron chi connectivity index (χ0n) is 29.4. The number of amides is 5. The molecule has 0 heterocycles. The molecular weight excluding hydrogens is 614 g/mol. The van der Waals surface area contributed by atoms with Gasteiger partial charge in [0.1, 0.15) is 29.8 Å². The van der Waals surface area contributed by atoms with Crippen LogP contribution in [0.3, 0.4) is 0 Å². The Balaban J connectivity index is 5.62. The Morgan fingerprint density at radius 3 is 1.83 bits per heavy atom. The third-order valence-corrected chi connectivity index (χ3v) is 6.05. The largest absolute Gasteiger partial charge is 0.466 e. The molecule has 5 N–H and O–H groups in total. The van der Waals surface area contributed by atoms with Gasteiger partial charge in [-0.15, -0.1) is 0 Å². The molecule has 0 saturated heterocycles. The highest BCUT2D eigenvalue weighted by Gasteiger charge is 2.28. The maximum absolute atomic E-state index is 13.5. The van der Waals surface area contributed by atoms with Gasteiger partial charge in [0.05, 0.1) is 6.61 Å². The lowest BCUT2D eigenvalue weighted by molar-refractivity contribution is -0.154. The van der Waals surface area contributed by atoms with Crippen LogP contribution in [-0.2, 0) is 43.0 Å². The van der Waals surface area contributed by atoms with Crippen LogP contribution >= 0.6 is 0 Å². The molecule has 15 heteroatoms. The Hall–Kier alpha value is -3.91. The van der Waals surface area contributed by atoms with E-state index in [-0.39, 0.29) is 51.2 Å². The van der Waals surface area contributed by atoms with Crippen molar-refractivity contribution in [3.05, 3.63) is 0 Å². The van der Waals surface area contributed by atoms with Crippen LogP contribution in [0.15, 0.2) is 0 Å². The number of unbranched alkanes of at least 4 members (excludes halogenated alkanes) is 2. The summed E-state index contributed by atoms with van der Waals surface area (Å²) in [6.45, 7) is 14.4. The van der Waals surface area contributed by atoms with Crippen LogP contribution in [0.5, 0.6) is 0 Å². The second kappa shape index (κ2) is 22.6. The van der Waals surface area contributed by atoms with E-state index < -0.39 is 65.6 Å². The van der Waals surface area contributed by atoms with Gasteiger partial charge >= 0.3 is 18.0 Å². The molecule has 0 rings (SSSR count). The summed E-state index contributed by atoms with van der Waals surface area (Å²) in [6, 6.07) is -2.34. The van der Waals surface area contributed by atoms with Gasteiger partial charge in [0.25, 0.3) is 0 Å². The summed E-state index contributed by atoms with van der Waals surface area (Å²) in [5, 5.41) is 12.9. The van der Waals surface area contributed by atoms with Crippen molar-refractivity contribution in [1.82, 2.24) is 26.6 Å². The van der Waals surface area contributed by atoms with Gasteiger partial charge in [0, 0.05) is 32.4 Å². The zero-order valence-corrected chi connectivity index (χ0v) is 29.4. The van der Waals surface area contributed by atoms with Crippen molar-refractivity contribution in [2.24, 2.45) is 0 Å². The van der Waals surface area contributed by atoms with Crippen molar-refractivity contribution in [1.29, 1.82) is 0 Å². The fourth-order valence-electron chi connectivity index (χ4n) is 3.89. The molecule has 0 radical (unpaired) electrons. The highest BCUT2D eigenvalue weighted by Crippen LogP contribution is 2.09. The summed E-state index contributed by atoms with van der Waals surface area (Å²) in [4.78, 5) is 87.5. The molecule has 0 aliphatic carbocycles. The molecule has 47 heavy (non-hydrogen) atoms. The van der Waals surface area contributed by atoms with Crippen molar-refractivity contribution < 1.29 is 47.8 Å². The van der Waals surface area contributed by atoms with Gasteiger partial charge in [0.15, 0.2) is 0 Å². The molecule has 0 bridgehead atoms. The molecule has 2 unspecified atom stereocenters. The number of carbonyl (C=O) groups excluding carboxylic acids is 7. The van der Waals surface area contributed by atoms with E-state index in [2.05, 4.69) is 26.6 Å². The first-order valence-electron chi connectivity index (χ1n) is 16.3. The van der Waals surface area contributed by atoms with Crippen molar-refractivity contribution in [2.45, 2.75) is 136 Å². The van der Waals surface area contributed by atoms with E-state index in [1.165, 1.54) is 0 Å². The summed E-state index contributed by atoms with van der Waals surface area (Å²) in [7, 11) is 0. The van der Waals surface area contributed by atoms with Crippen LogP contribution in [0.4, 0.5) is 4.79 Å². The SMILES string of the molecule is CCCCOC(=O)CCC(NC(=O)C(CCCCNC(=O)OC(C)(C)C)NC(=O)CCC(=O)NCC)C(=O)NCC(=O)OC(C)(C)C. The molecular formula is C32H57N5O10. The third-order valence-electron chi connectivity index (χ3n) is 6.05. The maximum Gasteiger partial charge on any atom is 0.407 e. The third kappa shape index (κ3) is 24.0. The standard InChI is InChI=1S/C32H57N5O10/c1-9-11-20-45-26(40)18-15-23(28(42)35-21-27(41)46-31(3,4)5)37-29(43)22(36-25(39)17-16-24(38)33-10-2)14-12-13-19-34-30(44)47-32(6,7)8/h22-23H,9-21H2,1-8H3,(H,33,38)(H,34,44)(H,35,42)(H,36,39)(H,37,43). The van der Waals surface area contributed by atoms with Crippen LogP contribution in [0, 0.1) is 0 Å². The predicted molar refractivity (Wildman–Crippen MR) is 174 cm³/mol. The van der Waals surface area contributed by atoms with Crippen LogP contribution in [0.25, 0.3) is 0 Å². The van der Waals surface area contributed by atoms with Crippen LogP contribution in [0.1, 0.15) is 113 Å². The molecule has 270 valence electrons. The number of alkyl carbamates (subject to hydrolysis) is 1. The number of carbonyl (C=O) groups is 7. The lowest BCUT2D eigenvalue weighted by atomic mass is 10.1. The lowest BCUT2D eigenvalue weighted by Gasteiger charge is -2.24. The Morgan fingerprint density at radius 1 is 0.617 bits per heavy atom. The molecule has 0 fully saturated rings. The molecule has 0 aliphatic heterocycles. The van der Waals surface area contributed by atoms with Crippen LogP contribution in [-0.4, -0.2) is 91.2 Å². The minimum Gasteiger partial charge on any atom is -0.466 e. The Kier molecular flexibility index (Phi) is 20.7. The summed E-state index contributed by atoms with van der Waals surface area (Å²) < 4.78 is 15.6. The molecule has 0 aromatic rings. The van der Waals surface area contributed by atoms with Crippen molar-refractivity contribution in [2.75, 3.05) is 26.2 Å². The summed E-state index contributed by atoms with van der Waals surface area (Å²) in [5.41, 5.74) is -1.43. The summed E-state index contributed by atoms with van der Waals surface area (Å²) >= 11 is 0. The Labute approximate surface area is 278 Å². The fraction of sp³-hybridized carbons (Fsp3) is 0.781. The monoisotopic (exact) mass is 671 g/mol. The zero-order chi connectivity index (χ0) is 36.0. The van der Waals surface area contributed by atoms with Gasteiger partial charge < -0.3 is 40.8 Å². The summed E-state index contributed by atoms with van der Waals surface area (Å²) in [5.74, 6) is -3.53. The van der Waals surface area contributed by atoms with E-state index in [4.69, 9.17) is 14.2 Å². The number of hydrogen-bond donors (Lipinski definition) is 5. The average molecular weight is 672 g/mol. The van der Waals surface area contributed by atoms with E-state index >= 15 is 0 Å². The average Bonchev–Trinajstić information content (AvgIpc) is 2.94. The maximum atomic E-state index is 13.5. The topological polar surface area (TPSA) is 207 Å². The van der Waals surface area contributed by atoms with Gasteiger partial charge in [-0.3, -0.25) is 28.8 Å². The first kappa shape index (κ1) is 43.1. The highest BCUT2D eigenvalue weighted by molar-refractivity contribution is 5.93. The molecule has 15 nitrogen and oxygen atoms in total. The molecule has 5 amide bonds. The van der Waals surface area contributed by atoms with E-state index in [9.17, 15) is 33.6 Å². The first-order chi connectivity index (χ1) is 21.9. The van der Waals surface area contributed by atoms with Crippen molar-refractivity contribution >= 4 is 41.7 Å². The fourth-order valence-corrected chi connectivity index (χ4v) is 3.89. The second-order valence-corrected chi connectivity index (χ2v) is 13.0. The van der Waals surface area contributed by atoms with Gasteiger partial charge in [-0.05, 0) is 80.6 Å². The van der Waals surface area contributed by atoms with Gasteiger partial charge in [0.2, 0.25) is 23.6 Å². The second-order valence-electron chi connectivity index (χ2n) is 13.0. The Morgan fingerprint density at radius 2 is 1.23 bits per heavy atom. The minimum absolute atomic E-state index is 0.0797. The van der Waals surface area contributed by atoms with Crippen LogP contribution < -0.4 is 26.6 Å². The molecule has 0 aliphatic rings. The van der Waals surface area contributed by atoms with Crippen LogP contribution in [0.2, 0.25) is 0 Å². The number of hydrogen-bond acceptors (Lipinski definition) is 10.